The van der Waals surface area contributed by atoms with Crippen molar-refractivity contribution in [1.29, 1.82) is 0 Å². The molecule has 0 aromatic heterocycles. The van der Waals surface area contributed by atoms with Crippen molar-refractivity contribution in [2.75, 3.05) is 26.8 Å². The molecule has 1 saturated heterocycles. The van der Waals surface area contributed by atoms with E-state index in [1.165, 1.54) is 18.4 Å². The van der Waals surface area contributed by atoms with Gasteiger partial charge in [-0.3, -0.25) is 0 Å². The summed E-state index contributed by atoms with van der Waals surface area (Å²) in [7, 11) is 1.70. The van der Waals surface area contributed by atoms with E-state index in [1.807, 2.05) is 6.07 Å². The summed E-state index contributed by atoms with van der Waals surface area (Å²) in [6.07, 6.45) is 3.52. The van der Waals surface area contributed by atoms with Crippen LogP contribution in [0.4, 0.5) is 0 Å². The summed E-state index contributed by atoms with van der Waals surface area (Å²) < 4.78 is 11.3. The van der Waals surface area contributed by atoms with Gasteiger partial charge >= 0.3 is 0 Å². The lowest BCUT2D eigenvalue weighted by atomic mass is 10.0. The summed E-state index contributed by atoms with van der Waals surface area (Å²) in [6.45, 7) is 5.12. The molecule has 1 fully saturated rings. The molecule has 1 aromatic rings. The van der Waals surface area contributed by atoms with E-state index in [-0.39, 0.29) is 0 Å². The number of methoxy groups -OCH3 is 1. The van der Waals surface area contributed by atoms with E-state index in [4.69, 9.17) is 9.47 Å². The maximum absolute atomic E-state index is 5.90. The quantitative estimate of drug-likeness (QED) is 0.870. The van der Waals surface area contributed by atoms with Gasteiger partial charge in [0.05, 0.1) is 13.7 Å². The molecule has 2 rings (SSSR count). The first kappa shape index (κ1) is 13.2. The predicted octanol–water partition coefficient (Wildman–Crippen LogP) is 2.64. The summed E-state index contributed by atoms with van der Waals surface area (Å²) >= 11 is 0. The number of benzene rings is 1. The zero-order chi connectivity index (χ0) is 12.8. The molecule has 1 N–H and O–H groups in total. The molecule has 1 heterocycles. The molecule has 3 heteroatoms. The molecule has 1 aliphatic rings. The van der Waals surface area contributed by atoms with Crippen molar-refractivity contribution in [3.8, 4) is 11.5 Å². The van der Waals surface area contributed by atoms with Crippen molar-refractivity contribution >= 4 is 0 Å². The zero-order valence-electron chi connectivity index (χ0n) is 11.4. The van der Waals surface area contributed by atoms with Crippen LogP contribution in [0, 0.1) is 5.92 Å². The SMILES string of the molecule is CCc1ccc(OCC2CCCNC2)c(OC)c1. The van der Waals surface area contributed by atoms with Crippen LogP contribution >= 0.6 is 0 Å². The summed E-state index contributed by atoms with van der Waals surface area (Å²) in [4.78, 5) is 0. The largest absolute Gasteiger partial charge is 0.493 e. The average Bonchev–Trinajstić information content (AvgIpc) is 2.46. The van der Waals surface area contributed by atoms with Gasteiger partial charge in [-0.2, -0.15) is 0 Å². The lowest BCUT2D eigenvalue weighted by Gasteiger charge is -2.23. The molecule has 0 aliphatic carbocycles. The van der Waals surface area contributed by atoms with E-state index >= 15 is 0 Å². The molecule has 1 atom stereocenters. The predicted molar refractivity (Wildman–Crippen MR) is 73.5 cm³/mol. The average molecular weight is 249 g/mol. The van der Waals surface area contributed by atoms with Crippen molar-refractivity contribution in [2.24, 2.45) is 5.92 Å². The van der Waals surface area contributed by atoms with Crippen molar-refractivity contribution in [3.05, 3.63) is 23.8 Å². The van der Waals surface area contributed by atoms with Crippen molar-refractivity contribution in [2.45, 2.75) is 26.2 Å². The second kappa shape index (κ2) is 6.64. The first-order chi connectivity index (χ1) is 8.83. The van der Waals surface area contributed by atoms with E-state index in [2.05, 4.69) is 24.4 Å². The number of nitrogens with one attached hydrogen (secondary N) is 1. The van der Waals surface area contributed by atoms with E-state index in [1.54, 1.807) is 7.11 Å². The van der Waals surface area contributed by atoms with Crippen molar-refractivity contribution < 1.29 is 9.47 Å². The van der Waals surface area contributed by atoms with Gasteiger partial charge in [0.1, 0.15) is 0 Å². The molecule has 0 amide bonds. The molecule has 0 spiro atoms. The molecular weight excluding hydrogens is 226 g/mol. The molecule has 3 nitrogen and oxygen atoms in total. The fourth-order valence-corrected chi connectivity index (χ4v) is 2.33. The number of piperidine rings is 1. The van der Waals surface area contributed by atoms with Crippen LogP contribution in [0.15, 0.2) is 18.2 Å². The second-order valence-electron chi connectivity index (χ2n) is 4.86. The van der Waals surface area contributed by atoms with Crippen LogP contribution in [0.2, 0.25) is 0 Å². The highest BCUT2D eigenvalue weighted by Crippen LogP contribution is 2.29. The van der Waals surface area contributed by atoms with Crippen LogP contribution in [0.5, 0.6) is 11.5 Å². The van der Waals surface area contributed by atoms with Crippen LogP contribution in [0.3, 0.4) is 0 Å². The van der Waals surface area contributed by atoms with Crippen LogP contribution in [0.1, 0.15) is 25.3 Å². The molecular formula is C15H23NO2. The lowest BCUT2D eigenvalue weighted by molar-refractivity contribution is 0.211. The maximum atomic E-state index is 5.90. The van der Waals surface area contributed by atoms with Crippen LogP contribution < -0.4 is 14.8 Å². The summed E-state index contributed by atoms with van der Waals surface area (Å²) in [6, 6.07) is 6.19. The third-order valence-corrected chi connectivity index (χ3v) is 3.51. The molecule has 1 aliphatic heterocycles. The molecule has 100 valence electrons. The number of rotatable bonds is 5. The minimum Gasteiger partial charge on any atom is -0.493 e. The molecule has 18 heavy (non-hydrogen) atoms. The molecule has 0 radical (unpaired) electrons. The van der Waals surface area contributed by atoms with Gasteiger partial charge in [-0.15, -0.1) is 0 Å². The Hall–Kier alpha value is -1.22. The Kier molecular flexibility index (Phi) is 4.88. The standard InChI is InChI=1S/C15H23NO2/c1-3-12-6-7-14(15(9-12)17-2)18-11-13-5-4-8-16-10-13/h6-7,9,13,16H,3-5,8,10-11H2,1-2H3. The van der Waals surface area contributed by atoms with Crippen LogP contribution in [-0.2, 0) is 6.42 Å². The first-order valence-electron chi connectivity index (χ1n) is 6.84. The van der Waals surface area contributed by atoms with Crippen LogP contribution in [0.25, 0.3) is 0 Å². The number of hydrogen-bond acceptors (Lipinski definition) is 3. The highest BCUT2D eigenvalue weighted by atomic mass is 16.5. The third kappa shape index (κ3) is 3.39. The second-order valence-corrected chi connectivity index (χ2v) is 4.86. The van der Waals surface area contributed by atoms with E-state index in [0.29, 0.717) is 5.92 Å². The van der Waals surface area contributed by atoms with Gasteiger partial charge in [-0.25, -0.2) is 0 Å². The maximum Gasteiger partial charge on any atom is 0.161 e. The van der Waals surface area contributed by atoms with Crippen LogP contribution in [-0.4, -0.2) is 26.8 Å². The fourth-order valence-electron chi connectivity index (χ4n) is 2.33. The topological polar surface area (TPSA) is 30.5 Å². The van der Waals surface area contributed by atoms with Crippen molar-refractivity contribution in [1.82, 2.24) is 5.32 Å². The van der Waals surface area contributed by atoms with E-state index < -0.39 is 0 Å². The Morgan fingerprint density at radius 3 is 2.89 bits per heavy atom. The minimum absolute atomic E-state index is 0.620. The summed E-state index contributed by atoms with van der Waals surface area (Å²) in [5.74, 6) is 2.33. The Labute approximate surface area is 109 Å². The normalized spacial score (nSPS) is 19.6. The fraction of sp³-hybridized carbons (Fsp3) is 0.600. The van der Waals surface area contributed by atoms with E-state index in [9.17, 15) is 0 Å². The zero-order valence-corrected chi connectivity index (χ0v) is 11.4. The van der Waals surface area contributed by atoms with Gasteiger partial charge < -0.3 is 14.8 Å². The van der Waals surface area contributed by atoms with Gasteiger partial charge in [0.2, 0.25) is 0 Å². The minimum atomic E-state index is 0.620. The summed E-state index contributed by atoms with van der Waals surface area (Å²) in [5.41, 5.74) is 1.28. The third-order valence-electron chi connectivity index (χ3n) is 3.51. The van der Waals surface area contributed by atoms with Crippen molar-refractivity contribution in [3.63, 3.8) is 0 Å². The molecule has 1 aromatic carbocycles. The summed E-state index contributed by atoms with van der Waals surface area (Å²) in [5, 5.41) is 3.41. The van der Waals surface area contributed by atoms with Gasteiger partial charge in [-0.1, -0.05) is 13.0 Å². The Morgan fingerprint density at radius 2 is 2.22 bits per heavy atom. The Balaban J connectivity index is 1.95. The molecule has 0 saturated carbocycles. The van der Waals surface area contributed by atoms with Gasteiger partial charge in [-0.05, 0) is 43.5 Å². The number of ether oxygens (including phenoxy) is 2. The smallest absolute Gasteiger partial charge is 0.161 e. The Bertz CT molecular complexity index is 373. The lowest BCUT2D eigenvalue weighted by Crippen LogP contribution is -2.33. The first-order valence-corrected chi connectivity index (χ1v) is 6.84. The highest BCUT2D eigenvalue weighted by molar-refractivity contribution is 5.42. The highest BCUT2D eigenvalue weighted by Gasteiger charge is 2.14. The van der Waals surface area contributed by atoms with Gasteiger partial charge in [0.25, 0.3) is 0 Å². The van der Waals surface area contributed by atoms with Gasteiger partial charge in [0, 0.05) is 12.5 Å². The Morgan fingerprint density at radius 1 is 1.33 bits per heavy atom. The number of aryl methyl sites for hydroxylation is 1. The number of hydrogen-bond donors (Lipinski definition) is 1. The molecule has 0 bridgehead atoms. The van der Waals surface area contributed by atoms with Gasteiger partial charge in [0.15, 0.2) is 11.5 Å². The molecule has 1 unspecified atom stereocenters. The van der Waals surface area contributed by atoms with E-state index in [0.717, 1.165) is 37.6 Å². The monoisotopic (exact) mass is 249 g/mol.